The Hall–Kier alpha value is -2.44. The van der Waals surface area contributed by atoms with Gasteiger partial charge in [0.1, 0.15) is 5.56 Å². The van der Waals surface area contributed by atoms with E-state index in [2.05, 4.69) is 10.1 Å². The van der Waals surface area contributed by atoms with Crippen molar-refractivity contribution in [1.29, 1.82) is 0 Å². The predicted molar refractivity (Wildman–Crippen MR) is 84.0 cm³/mol. The van der Waals surface area contributed by atoms with E-state index in [1.54, 1.807) is 12.1 Å². The molecule has 24 heavy (non-hydrogen) atoms. The number of carbonyl (C=O) groups is 1. The van der Waals surface area contributed by atoms with Gasteiger partial charge in [-0.3, -0.25) is 4.79 Å². The lowest BCUT2D eigenvalue weighted by molar-refractivity contribution is -0.605. The van der Waals surface area contributed by atoms with E-state index in [1.807, 2.05) is 4.90 Å². The topological polar surface area (TPSA) is 86.2 Å². The zero-order valence-corrected chi connectivity index (χ0v) is 13.4. The highest BCUT2D eigenvalue weighted by atomic mass is 16.5. The third-order valence-corrected chi connectivity index (χ3v) is 4.72. The van der Waals surface area contributed by atoms with Crippen molar-refractivity contribution in [3.8, 4) is 0 Å². The summed E-state index contributed by atoms with van der Waals surface area (Å²) in [5, 5.41) is 15.4. The smallest absolute Gasteiger partial charge is 0.259 e. The van der Waals surface area contributed by atoms with Crippen molar-refractivity contribution in [3.63, 3.8) is 0 Å². The van der Waals surface area contributed by atoms with Crippen LogP contribution in [-0.4, -0.2) is 34.0 Å². The molecule has 3 heterocycles. The van der Waals surface area contributed by atoms with Crippen molar-refractivity contribution in [3.05, 3.63) is 47.0 Å². The molecule has 126 valence electrons. The van der Waals surface area contributed by atoms with Gasteiger partial charge in [0.15, 0.2) is 18.2 Å². The summed E-state index contributed by atoms with van der Waals surface area (Å²) in [7, 11) is 0. The summed E-state index contributed by atoms with van der Waals surface area (Å²) >= 11 is 0. The summed E-state index contributed by atoms with van der Waals surface area (Å²) in [5.41, 5.74) is 0.432. The molecule has 1 amide bonds. The Balaban J connectivity index is 1.40. The summed E-state index contributed by atoms with van der Waals surface area (Å²) in [6.07, 6.45) is 7.71. The van der Waals surface area contributed by atoms with Gasteiger partial charge in [-0.1, -0.05) is 5.16 Å². The maximum atomic E-state index is 12.6. The third kappa shape index (κ3) is 3.25. The number of amides is 1. The normalized spacial score (nSPS) is 21.0. The molecule has 1 saturated heterocycles. The zero-order chi connectivity index (χ0) is 16.5. The van der Waals surface area contributed by atoms with Crippen LogP contribution in [0.4, 0.5) is 0 Å². The molecular weight excluding hydrogens is 308 g/mol. The molecule has 0 bridgehead atoms. The molecule has 0 spiro atoms. The predicted octanol–water partition coefficient (Wildman–Crippen LogP) is 1.68. The lowest BCUT2D eigenvalue weighted by Crippen LogP contribution is -2.41. The van der Waals surface area contributed by atoms with Crippen molar-refractivity contribution in [2.45, 2.75) is 38.0 Å². The summed E-state index contributed by atoms with van der Waals surface area (Å²) < 4.78 is 6.01. The van der Waals surface area contributed by atoms with Crippen molar-refractivity contribution < 1.29 is 14.0 Å². The van der Waals surface area contributed by atoms with E-state index in [-0.39, 0.29) is 5.91 Å². The molecule has 7 nitrogen and oxygen atoms in total. The van der Waals surface area contributed by atoms with Crippen LogP contribution < -0.4 is 4.73 Å². The van der Waals surface area contributed by atoms with Crippen LogP contribution in [0.2, 0.25) is 0 Å². The van der Waals surface area contributed by atoms with Gasteiger partial charge in [-0.15, -0.1) is 0 Å². The highest BCUT2D eigenvalue weighted by molar-refractivity contribution is 5.93. The van der Waals surface area contributed by atoms with E-state index in [0.29, 0.717) is 41.0 Å². The molecule has 0 N–H and O–H groups in total. The van der Waals surface area contributed by atoms with E-state index in [1.165, 1.54) is 12.4 Å². The number of rotatable bonds is 4. The third-order valence-electron chi connectivity index (χ3n) is 4.72. The van der Waals surface area contributed by atoms with E-state index in [9.17, 15) is 10.0 Å². The molecule has 0 unspecified atom stereocenters. The first-order chi connectivity index (χ1) is 11.7. The molecule has 1 aliphatic carbocycles. The molecule has 2 fully saturated rings. The minimum absolute atomic E-state index is 0.0888. The molecular formula is C17H20N4O3. The summed E-state index contributed by atoms with van der Waals surface area (Å²) in [5.74, 6) is 2.22. The molecule has 2 aliphatic rings. The quantitative estimate of drug-likeness (QED) is 0.629. The molecule has 2 aromatic heterocycles. The fraction of sp³-hybridized carbons (Fsp3) is 0.529. The number of nitrogens with zero attached hydrogens (tertiary/aromatic N) is 4. The number of piperidine rings is 1. The summed E-state index contributed by atoms with van der Waals surface area (Å²) in [6, 6.07) is 3.28. The second-order valence-corrected chi connectivity index (χ2v) is 6.74. The minimum atomic E-state index is -0.0888. The Bertz CT molecular complexity index is 741. The molecule has 4 rings (SSSR count). The van der Waals surface area contributed by atoms with Crippen LogP contribution in [-0.2, 0) is 6.42 Å². The van der Waals surface area contributed by atoms with Gasteiger partial charge in [-0.05, 0) is 37.7 Å². The molecule has 2 aromatic rings. The first-order valence-electron chi connectivity index (χ1n) is 8.49. The van der Waals surface area contributed by atoms with Crippen molar-refractivity contribution >= 4 is 5.91 Å². The first kappa shape index (κ1) is 15.1. The first-order valence-corrected chi connectivity index (χ1v) is 8.49. The number of pyridine rings is 1. The SMILES string of the molecule is O=C(c1ccc[n+]([O-])c1)N1CCC[C@@H](Cc2nc(C3CC3)no2)C1. The second-order valence-electron chi connectivity index (χ2n) is 6.74. The van der Waals surface area contributed by atoms with E-state index >= 15 is 0 Å². The van der Waals surface area contributed by atoms with Gasteiger partial charge in [0.2, 0.25) is 5.89 Å². The second kappa shape index (κ2) is 6.22. The lowest BCUT2D eigenvalue weighted by atomic mass is 9.94. The molecule has 7 heteroatoms. The largest absolute Gasteiger partial charge is 0.619 e. The van der Waals surface area contributed by atoms with Gasteiger partial charge in [0.05, 0.1) is 0 Å². The minimum Gasteiger partial charge on any atom is -0.619 e. The van der Waals surface area contributed by atoms with Gasteiger partial charge >= 0.3 is 0 Å². The highest BCUT2D eigenvalue weighted by Crippen LogP contribution is 2.38. The molecule has 0 aromatic carbocycles. The fourth-order valence-electron chi connectivity index (χ4n) is 3.29. The number of carbonyl (C=O) groups excluding carboxylic acids is 1. The highest BCUT2D eigenvalue weighted by Gasteiger charge is 2.30. The Morgan fingerprint density at radius 1 is 1.42 bits per heavy atom. The van der Waals surface area contributed by atoms with Gasteiger partial charge < -0.3 is 14.6 Å². The number of likely N-dealkylation sites (tertiary alicyclic amines) is 1. The number of hydrogen-bond acceptors (Lipinski definition) is 5. The molecule has 0 radical (unpaired) electrons. The van der Waals surface area contributed by atoms with Crippen LogP contribution >= 0.6 is 0 Å². The fourth-order valence-corrected chi connectivity index (χ4v) is 3.29. The summed E-state index contributed by atoms with van der Waals surface area (Å²) in [6.45, 7) is 1.38. The van der Waals surface area contributed by atoms with Crippen LogP contribution in [0.15, 0.2) is 29.0 Å². The van der Waals surface area contributed by atoms with E-state index in [0.717, 1.165) is 38.1 Å². The average molecular weight is 328 g/mol. The van der Waals surface area contributed by atoms with E-state index < -0.39 is 0 Å². The van der Waals surface area contributed by atoms with E-state index in [4.69, 9.17) is 4.52 Å². The average Bonchev–Trinajstić information content (AvgIpc) is 3.34. The monoisotopic (exact) mass is 328 g/mol. The van der Waals surface area contributed by atoms with Crippen LogP contribution in [0, 0.1) is 11.1 Å². The Kier molecular flexibility index (Phi) is 3.92. The summed E-state index contributed by atoms with van der Waals surface area (Å²) in [4.78, 5) is 18.9. The Morgan fingerprint density at radius 3 is 3.08 bits per heavy atom. The number of aromatic nitrogens is 3. The van der Waals surface area contributed by atoms with Gasteiger partial charge in [-0.2, -0.15) is 9.71 Å². The van der Waals surface area contributed by atoms with Crippen molar-refractivity contribution in [2.24, 2.45) is 5.92 Å². The molecule has 1 aliphatic heterocycles. The maximum Gasteiger partial charge on any atom is 0.259 e. The van der Waals surface area contributed by atoms with Gasteiger partial charge in [-0.25, -0.2) is 0 Å². The van der Waals surface area contributed by atoms with Crippen LogP contribution in [0.3, 0.4) is 0 Å². The van der Waals surface area contributed by atoms with Crippen molar-refractivity contribution in [2.75, 3.05) is 13.1 Å². The van der Waals surface area contributed by atoms with Crippen molar-refractivity contribution in [1.82, 2.24) is 15.0 Å². The standard InChI is InChI=1S/C17H20N4O3/c22-17(14-4-2-8-21(23)11-14)20-7-1-3-12(10-20)9-15-18-16(19-24-15)13-5-6-13/h2,4,8,11-13H,1,3,5-7,9-10H2/t12-/m0/s1. The number of hydrogen-bond donors (Lipinski definition) is 0. The van der Waals surface area contributed by atoms with Crippen LogP contribution in [0.25, 0.3) is 0 Å². The lowest BCUT2D eigenvalue weighted by Gasteiger charge is -2.32. The Morgan fingerprint density at radius 2 is 2.29 bits per heavy atom. The molecule has 1 saturated carbocycles. The van der Waals surface area contributed by atoms with Gasteiger partial charge in [0.25, 0.3) is 5.91 Å². The van der Waals surface area contributed by atoms with Crippen LogP contribution in [0.5, 0.6) is 0 Å². The zero-order valence-electron chi connectivity index (χ0n) is 13.4. The Labute approximate surface area is 139 Å². The van der Waals surface area contributed by atoms with Gasteiger partial charge in [0, 0.05) is 31.5 Å². The van der Waals surface area contributed by atoms with Crippen LogP contribution in [0.1, 0.15) is 53.7 Å². The molecule has 1 atom stereocenters. The maximum absolute atomic E-state index is 12.6.